The van der Waals surface area contributed by atoms with Gasteiger partial charge in [-0.25, -0.2) is 4.79 Å². The monoisotopic (exact) mass is 310 g/mol. The molecule has 0 aliphatic carbocycles. The summed E-state index contributed by atoms with van der Waals surface area (Å²) in [5, 5.41) is 13.0. The van der Waals surface area contributed by atoms with Crippen molar-refractivity contribution in [2.75, 3.05) is 0 Å². The molecule has 0 aliphatic heterocycles. The number of hydrogen-bond donors (Lipinski definition) is 1. The van der Waals surface area contributed by atoms with Gasteiger partial charge in [-0.15, -0.1) is 0 Å². The first-order valence-electron chi connectivity index (χ1n) is 5.21. The minimum atomic E-state index is -1.00. The number of halogens is 1. The van der Waals surface area contributed by atoms with Crippen LogP contribution in [-0.4, -0.2) is 20.9 Å². The summed E-state index contributed by atoms with van der Waals surface area (Å²) in [5.74, 6) is -0.308. The number of aromatic carboxylic acids is 1. The highest BCUT2D eigenvalue weighted by atomic mass is 79.9. The van der Waals surface area contributed by atoms with Gasteiger partial charge in [0.05, 0.1) is 4.47 Å². The Kier molecular flexibility index (Phi) is 3.66. The van der Waals surface area contributed by atoms with E-state index in [1.54, 1.807) is 7.05 Å². The molecule has 0 aliphatic rings. The smallest absolute Gasteiger partial charge is 0.354 e. The van der Waals surface area contributed by atoms with Gasteiger partial charge in [0.1, 0.15) is 23.7 Å². The van der Waals surface area contributed by atoms with Crippen molar-refractivity contribution >= 4 is 21.9 Å². The van der Waals surface area contributed by atoms with Crippen LogP contribution >= 0.6 is 15.9 Å². The fourth-order valence-corrected chi connectivity index (χ4v) is 1.91. The van der Waals surface area contributed by atoms with Gasteiger partial charge in [-0.2, -0.15) is 5.10 Å². The van der Waals surface area contributed by atoms with E-state index in [9.17, 15) is 4.79 Å². The molecule has 0 atom stereocenters. The lowest BCUT2D eigenvalue weighted by Crippen LogP contribution is -2.04. The molecule has 2 rings (SSSR count). The molecule has 0 amide bonds. The van der Waals surface area contributed by atoms with Crippen molar-refractivity contribution in [2.45, 2.75) is 6.61 Å². The van der Waals surface area contributed by atoms with Crippen LogP contribution < -0.4 is 4.74 Å². The van der Waals surface area contributed by atoms with Crippen LogP contribution in [0.5, 0.6) is 5.75 Å². The van der Waals surface area contributed by atoms with Gasteiger partial charge in [0.2, 0.25) is 0 Å². The van der Waals surface area contributed by atoms with Gasteiger partial charge in [-0.05, 0) is 34.1 Å². The van der Waals surface area contributed by atoms with Gasteiger partial charge < -0.3 is 9.84 Å². The molecular weight excluding hydrogens is 300 g/mol. The van der Waals surface area contributed by atoms with Crippen LogP contribution in [0, 0.1) is 0 Å². The third-order valence-electron chi connectivity index (χ3n) is 2.36. The molecular formula is C12H11BrN2O3. The predicted molar refractivity (Wildman–Crippen MR) is 68.6 cm³/mol. The third-order valence-corrected chi connectivity index (χ3v) is 3.02. The number of carboxylic acid groups (broad SMARTS) is 1. The van der Waals surface area contributed by atoms with Crippen molar-refractivity contribution in [1.82, 2.24) is 9.78 Å². The Morgan fingerprint density at radius 2 is 2.22 bits per heavy atom. The van der Waals surface area contributed by atoms with Crippen LogP contribution in [0.25, 0.3) is 0 Å². The highest BCUT2D eigenvalue weighted by molar-refractivity contribution is 9.10. The molecule has 0 bridgehead atoms. The number of carbonyl (C=O) groups is 1. The fourth-order valence-electron chi connectivity index (χ4n) is 1.51. The molecule has 0 radical (unpaired) electrons. The Morgan fingerprint density at radius 3 is 2.83 bits per heavy atom. The fraction of sp³-hybridized carbons (Fsp3) is 0.167. The number of para-hydroxylation sites is 1. The predicted octanol–water partition coefficient (Wildman–Crippen LogP) is 2.46. The summed E-state index contributed by atoms with van der Waals surface area (Å²) in [6, 6.07) is 8.95. The van der Waals surface area contributed by atoms with Crippen LogP contribution in [-0.2, 0) is 13.7 Å². The van der Waals surface area contributed by atoms with Crippen LogP contribution in [0.3, 0.4) is 0 Å². The van der Waals surface area contributed by atoms with Crippen molar-refractivity contribution in [3.05, 3.63) is 46.2 Å². The van der Waals surface area contributed by atoms with Crippen molar-refractivity contribution in [3.63, 3.8) is 0 Å². The van der Waals surface area contributed by atoms with E-state index in [-0.39, 0.29) is 12.3 Å². The lowest BCUT2D eigenvalue weighted by atomic mass is 10.3. The largest absolute Gasteiger partial charge is 0.486 e. The zero-order valence-corrected chi connectivity index (χ0v) is 11.2. The summed E-state index contributed by atoms with van der Waals surface area (Å²) >= 11 is 3.37. The standard InChI is InChI=1S/C12H11BrN2O3/c1-15-10(12(16)17)6-8(14-15)7-18-11-5-3-2-4-9(11)13/h2-6H,7H2,1H3,(H,16,17). The van der Waals surface area contributed by atoms with E-state index < -0.39 is 5.97 Å². The summed E-state index contributed by atoms with van der Waals surface area (Å²) in [5.41, 5.74) is 0.714. The van der Waals surface area contributed by atoms with Crippen LogP contribution in [0.4, 0.5) is 0 Å². The summed E-state index contributed by atoms with van der Waals surface area (Å²) < 4.78 is 7.72. The number of ether oxygens (including phenoxy) is 1. The highest BCUT2D eigenvalue weighted by Gasteiger charge is 2.12. The SMILES string of the molecule is Cn1nc(COc2ccccc2Br)cc1C(=O)O. The summed E-state index contributed by atoms with van der Waals surface area (Å²) in [6.45, 7) is 0.226. The molecule has 0 unspecified atom stereocenters. The summed E-state index contributed by atoms with van der Waals surface area (Å²) in [6.07, 6.45) is 0. The Bertz CT molecular complexity index is 580. The minimum absolute atomic E-state index is 0.140. The number of rotatable bonds is 4. The highest BCUT2D eigenvalue weighted by Crippen LogP contribution is 2.24. The Hall–Kier alpha value is -1.82. The van der Waals surface area contributed by atoms with Gasteiger partial charge >= 0.3 is 5.97 Å². The van der Waals surface area contributed by atoms with Crippen LogP contribution in [0.1, 0.15) is 16.2 Å². The van der Waals surface area contributed by atoms with Crippen LogP contribution in [0.15, 0.2) is 34.8 Å². The zero-order chi connectivity index (χ0) is 13.1. The maximum Gasteiger partial charge on any atom is 0.354 e. The quantitative estimate of drug-likeness (QED) is 0.942. The molecule has 5 nitrogen and oxygen atoms in total. The zero-order valence-electron chi connectivity index (χ0n) is 9.63. The number of carboxylic acids is 1. The minimum Gasteiger partial charge on any atom is -0.486 e. The van der Waals surface area contributed by atoms with E-state index in [0.29, 0.717) is 11.4 Å². The lowest BCUT2D eigenvalue weighted by molar-refractivity contribution is 0.0685. The third kappa shape index (κ3) is 2.70. The van der Waals surface area contributed by atoms with E-state index in [4.69, 9.17) is 9.84 Å². The second-order valence-electron chi connectivity index (χ2n) is 3.67. The molecule has 2 aromatic rings. The second kappa shape index (κ2) is 5.22. The summed E-state index contributed by atoms with van der Waals surface area (Å²) in [4.78, 5) is 10.9. The van der Waals surface area contributed by atoms with Crippen LogP contribution in [0.2, 0.25) is 0 Å². The van der Waals surface area contributed by atoms with Gasteiger partial charge in [0, 0.05) is 7.05 Å². The second-order valence-corrected chi connectivity index (χ2v) is 4.52. The molecule has 1 heterocycles. The van der Waals surface area contributed by atoms with Gasteiger partial charge in [-0.1, -0.05) is 12.1 Å². The van der Waals surface area contributed by atoms with Gasteiger partial charge in [0.25, 0.3) is 0 Å². The number of aromatic nitrogens is 2. The topological polar surface area (TPSA) is 64.4 Å². The van der Waals surface area contributed by atoms with Crippen molar-refractivity contribution in [1.29, 1.82) is 0 Å². The molecule has 1 aromatic carbocycles. The van der Waals surface area contributed by atoms with Gasteiger partial charge in [0.15, 0.2) is 0 Å². The first-order chi connectivity index (χ1) is 8.58. The Morgan fingerprint density at radius 1 is 1.50 bits per heavy atom. The molecule has 0 spiro atoms. The molecule has 1 N–H and O–H groups in total. The summed E-state index contributed by atoms with van der Waals surface area (Å²) in [7, 11) is 1.59. The molecule has 0 saturated heterocycles. The van der Waals surface area contributed by atoms with E-state index >= 15 is 0 Å². The van der Waals surface area contributed by atoms with E-state index in [2.05, 4.69) is 21.0 Å². The number of hydrogen-bond acceptors (Lipinski definition) is 3. The average molecular weight is 311 g/mol. The normalized spacial score (nSPS) is 10.3. The molecule has 0 saturated carbocycles. The maximum atomic E-state index is 10.9. The number of aryl methyl sites for hydroxylation is 1. The van der Waals surface area contributed by atoms with Crippen molar-refractivity contribution < 1.29 is 14.6 Å². The maximum absolute atomic E-state index is 10.9. The van der Waals surface area contributed by atoms with E-state index in [0.717, 1.165) is 4.47 Å². The number of benzene rings is 1. The first-order valence-corrected chi connectivity index (χ1v) is 6.01. The average Bonchev–Trinajstić information content (AvgIpc) is 2.70. The molecule has 0 fully saturated rings. The van der Waals surface area contributed by atoms with E-state index in [1.807, 2.05) is 24.3 Å². The Balaban J connectivity index is 2.09. The molecule has 1 aromatic heterocycles. The van der Waals surface area contributed by atoms with E-state index in [1.165, 1.54) is 10.7 Å². The van der Waals surface area contributed by atoms with Crippen molar-refractivity contribution in [3.8, 4) is 5.75 Å². The lowest BCUT2D eigenvalue weighted by Gasteiger charge is -2.05. The Labute approximate surface area is 112 Å². The molecule has 94 valence electrons. The van der Waals surface area contributed by atoms with Crippen molar-refractivity contribution in [2.24, 2.45) is 7.05 Å². The van der Waals surface area contributed by atoms with Gasteiger partial charge in [-0.3, -0.25) is 4.68 Å². The number of nitrogens with zero attached hydrogens (tertiary/aromatic N) is 2. The molecule has 18 heavy (non-hydrogen) atoms. The first kappa shape index (κ1) is 12.6. The molecule has 6 heteroatoms.